The van der Waals surface area contributed by atoms with Gasteiger partial charge in [-0.3, -0.25) is 14.8 Å². The Morgan fingerprint density at radius 1 is 1.14 bits per heavy atom. The van der Waals surface area contributed by atoms with Crippen molar-refractivity contribution in [1.29, 1.82) is 0 Å². The average molecular weight is 528 g/mol. The van der Waals surface area contributed by atoms with Crippen molar-refractivity contribution in [3.05, 3.63) is 76.0 Å². The number of amides is 1. The number of hydrogen-bond donors (Lipinski definition) is 2. The molecule has 180 valence electrons. The number of nitrogens with zero attached hydrogens (tertiary/aromatic N) is 4. The number of carbonyl (C=O) groups excluding carboxylic acids is 1. The third kappa shape index (κ3) is 5.35. The summed E-state index contributed by atoms with van der Waals surface area (Å²) in [5.41, 5.74) is 1.52. The zero-order valence-electron chi connectivity index (χ0n) is 18.6. The second kappa shape index (κ2) is 9.98. The summed E-state index contributed by atoms with van der Waals surface area (Å²) in [6, 6.07) is 12.2. The number of thiazole rings is 1. The maximum Gasteiger partial charge on any atom is 0.253 e. The van der Waals surface area contributed by atoms with Crippen LogP contribution in [-0.4, -0.2) is 53.8 Å². The summed E-state index contributed by atoms with van der Waals surface area (Å²) in [6.07, 6.45) is 4.55. The van der Waals surface area contributed by atoms with Crippen LogP contribution in [0, 0.1) is 0 Å². The maximum atomic E-state index is 13.0. The van der Waals surface area contributed by atoms with Crippen molar-refractivity contribution >= 4 is 56.6 Å². The van der Waals surface area contributed by atoms with Crippen molar-refractivity contribution < 1.29 is 14.1 Å². The van der Waals surface area contributed by atoms with E-state index in [1.54, 1.807) is 59.1 Å². The minimum atomic E-state index is -1.54. The van der Waals surface area contributed by atoms with Gasteiger partial charge in [-0.05, 0) is 49.2 Å². The first-order chi connectivity index (χ1) is 16.9. The summed E-state index contributed by atoms with van der Waals surface area (Å²) in [5, 5.41) is 13.9. The van der Waals surface area contributed by atoms with Crippen molar-refractivity contribution in [3.63, 3.8) is 0 Å². The molecule has 1 amide bonds. The number of piperidine rings is 1. The fraction of sp³-hybridized carbons (Fsp3) is 0.250. The Morgan fingerprint density at radius 3 is 2.60 bits per heavy atom. The van der Waals surface area contributed by atoms with Crippen molar-refractivity contribution in [2.45, 2.75) is 29.8 Å². The Morgan fingerprint density at radius 2 is 1.89 bits per heavy atom. The number of fused-ring (bicyclic) bond motifs is 1. The van der Waals surface area contributed by atoms with Gasteiger partial charge in [0.05, 0.1) is 21.0 Å². The number of nitrogens with one attached hydrogen (secondary N) is 1. The van der Waals surface area contributed by atoms with E-state index in [-0.39, 0.29) is 5.91 Å². The number of halogens is 1. The van der Waals surface area contributed by atoms with Gasteiger partial charge in [-0.1, -0.05) is 17.7 Å². The molecule has 0 radical (unpaired) electrons. The van der Waals surface area contributed by atoms with Gasteiger partial charge >= 0.3 is 0 Å². The molecule has 35 heavy (non-hydrogen) atoms. The summed E-state index contributed by atoms with van der Waals surface area (Å²) in [5.74, 6) is -0.0960. The zero-order chi connectivity index (χ0) is 24.4. The van der Waals surface area contributed by atoms with E-state index in [0.717, 1.165) is 5.01 Å². The van der Waals surface area contributed by atoms with Crippen LogP contribution in [0.25, 0.3) is 11.0 Å². The molecule has 5 rings (SSSR count). The highest BCUT2D eigenvalue weighted by atomic mass is 35.5. The lowest BCUT2D eigenvalue weighted by molar-refractivity contribution is -0.0162. The molecule has 1 unspecified atom stereocenters. The molecule has 1 saturated heterocycles. The molecule has 1 atom stereocenters. The van der Waals surface area contributed by atoms with E-state index in [0.29, 0.717) is 64.7 Å². The van der Waals surface area contributed by atoms with E-state index in [1.807, 2.05) is 6.07 Å². The number of anilines is 1. The number of rotatable bonds is 6. The average Bonchev–Trinajstić information content (AvgIpc) is 3.27. The quantitative estimate of drug-likeness (QED) is 0.391. The molecule has 4 aromatic rings. The van der Waals surface area contributed by atoms with Crippen LogP contribution in [0.3, 0.4) is 0 Å². The third-order valence-corrected chi connectivity index (χ3v) is 8.31. The molecule has 11 heteroatoms. The van der Waals surface area contributed by atoms with Crippen molar-refractivity contribution in [2.24, 2.45) is 0 Å². The van der Waals surface area contributed by atoms with Gasteiger partial charge < -0.3 is 14.7 Å². The van der Waals surface area contributed by atoms with Crippen LogP contribution < -0.4 is 4.72 Å². The lowest BCUT2D eigenvalue weighted by Gasteiger charge is -2.37. The highest BCUT2D eigenvalue weighted by Gasteiger charge is 2.35. The monoisotopic (exact) mass is 527 g/mol. The number of para-hydroxylation sites is 1. The van der Waals surface area contributed by atoms with E-state index in [4.69, 9.17) is 11.6 Å². The molecule has 1 aliphatic heterocycles. The normalized spacial score (nSPS) is 16.2. The number of aliphatic hydroxyl groups is 1. The van der Waals surface area contributed by atoms with Crippen LogP contribution >= 0.6 is 22.9 Å². The molecular formula is C24H22ClN5O3S2. The molecule has 2 aromatic carbocycles. The largest absolute Gasteiger partial charge is 0.389 e. The third-order valence-electron chi connectivity index (χ3n) is 5.99. The summed E-state index contributed by atoms with van der Waals surface area (Å²) < 4.78 is 15.9. The van der Waals surface area contributed by atoms with Gasteiger partial charge in [0.2, 0.25) is 0 Å². The SMILES string of the molecule is O=C(c1ccc(NS(=O)c2cccc3nccnc23)cc1)N1CCC(O)(Cc2nc(Cl)cs2)CC1. The molecule has 0 aliphatic carbocycles. The molecule has 1 fully saturated rings. The molecule has 1 aliphatic rings. The van der Waals surface area contributed by atoms with Crippen LogP contribution in [0.5, 0.6) is 0 Å². The second-order valence-corrected chi connectivity index (χ2v) is 10.9. The molecule has 0 bridgehead atoms. The first kappa shape index (κ1) is 23.8. The fourth-order valence-electron chi connectivity index (χ4n) is 4.10. The molecule has 8 nitrogen and oxygen atoms in total. The van der Waals surface area contributed by atoms with E-state index in [1.165, 1.54) is 11.3 Å². The summed E-state index contributed by atoms with van der Waals surface area (Å²) in [7, 11) is -1.54. The van der Waals surface area contributed by atoms with Gasteiger partial charge in [0.1, 0.15) is 10.7 Å². The summed E-state index contributed by atoms with van der Waals surface area (Å²) >= 11 is 7.32. The minimum Gasteiger partial charge on any atom is -0.389 e. The van der Waals surface area contributed by atoms with Crippen LogP contribution in [0.1, 0.15) is 28.2 Å². The smallest absolute Gasteiger partial charge is 0.253 e. The number of hydrogen-bond acceptors (Lipinski definition) is 7. The fourth-order valence-corrected chi connectivity index (χ4v) is 6.17. The van der Waals surface area contributed by atoms with Gasteiger partial charge in [-0.2, -0.15) is 0 Å². The van der Waals surface area contributed by atoms with Crippen LogP contribution in [0.15, 0.2) is 65.1 Å². The number of carbonyl (C=O) groups is 1. The van der Waals surface area contributed by atoms with Gasteiger partial charge in [-0.25, -0.2) is 9.19 Å². The van der Waals surface area contributed by atoms with Crippen LogP contribution in [0.2, 0.25) is 5.15 Å². The Bertz CT molecular complexity index is 1380. The van der Waals surface area contributed by atoms with E-state index in [9.17, 15) is 14.1 Å². The van der Waals surface area contributed by atoms with Crippen LogP contribution in [0.4, 0.5) is 5.69 Å². The van der Waals surface area contributed by atoms with Crippen molar-refractivity contribution in [2.75, 3.05) is 17.8 Å². The molecule has 0 spiro atoms. The summed E-state index contributed by atoms with van der Waals surface area (Å²) in [6.45, 7) is 0.918. The first-order valence-electron chi connectivity index (χ1n) is 11.0. The maximum absolute atomic E-state index is 13.0. The lowest BCUT2D eigenvalue weighted by Crippen LogP contribution is -2.47. The number of likely N-dealkylation sites (tertiary alicyclic amines) is 1. The van der Waals surface area contributed by atoms with Gasteiger partial charge in [-0.15, -0.1) is 11.3 Å². The van der Waals surface area contributed by atoms with Gasteiger partial charge in [0.15, 0.2) is 11.0 Å². The van der Waals surface area contributed by atoms with Gasteiger partial charge in [0.25, 0.3) is 5.91 Å². The van der Waals surface area contributed by atoms with E-state index in [2.05, 4.69) is 19.7 Å². The molecule has 2 N–H and O–H groups in total. The van der Waals surface area contributed by atoms with E-state index < -0.39 is 16.6 Å². The van der Waals surface area contributed by atoms with Crippen molar-refractivity contribution in [3.8, 4) is 0 Å². The van der Waals surface area contributed by atoms with Crippen LogP contribution in [-0.2, 0) is 17.4 Å². The number of aromatic nitrogens is 3. The Labute approximate surface area is 213 Å². The number of benzene rings is 2. The second-order valence-electron chi connectivity index (χ2n) is 8.39. The predicted octanol–water partition coefficient (Wildman–Crippen LogP) is 4.08. The molecule has 0 saturated carbocycles. The Hall–Kier alpha value is -2.92. The minimum absolute atomic E-state index is 0.0960. The standard InChI is InChI=1S/C24H22ClN5O3S2/c25-20-15-34-21(28-20)14-24(32)8-12-30(13-9-24)23(31)16-4-6-17(7-5-16)29-35(33)19-3-1-2-18-22(19)27-11-10-26-18/h1-7,10-11,15,29,32H,8-9,12-14H2. The summed E-state index contributed by atoms with van der Waals surface area (Å²) in [4.78, 5) is 28.0. The molecule has 3 heterocycles. The zero-order valence-corrected chi connectivity index (χ0v) is 20.9. The Kier molecular flexibility index (Phi) is 6.79. The Balaban J connectivity index is 1.20. The molecule has 2 aromatic heterocycles. The highest BCUT2D eigenvalue weighted by molar-refractivity contribution is 7.86. The van der Waals surface area contributed by atoms with Gasteiger partial charge in [0, 0.05) is 48.5 Å². The van der Waals surface area contributed by atoms with E-state index >= 15 is 0 Å². The molecular weight excluding hydrogens is 506 g/mol. The lowest BCUT2D eigenvalue weighted by atomic mass is 9.88. The highest BCUT2D eigenvalue weighted by Crippen LogP contribution is 2.29. The first-order valence-corrected chi connectivity index (χ1v) is 13.4. The van der Waals surface area contributed by atoms with Crippen molar-refractivity contribution in [1.82, 2.24) is 19.9 Å². The topological polar surface area (TPSA) is 108 Å². The predicted molar refractivity (Wildman–Crippen MR) is 137 cm³/mol.